The van der Waals surface area contributed by atoms with E-state index in [0.717, 1.165) is 57.5 Å². The number of hydrogen-bond acceptors (Lipinski definition) is 5. The molecule has 1 aromatic rings. The highest BCUT2D eigenvalue weighted by Crippen LogP contribution is 2.41. The van der Waals surface area contributed by atoms with E-state index in [-0.39, 0.29) is 12.2 Å². The topological polar surface area (TPSA) is 46.2 Å². The van der Waals surface area contributed by atoms with Crippen LogP contribution in [-0.4, -0.2) is 38.6 Å². The zero-order valence-corrected chi connectivity index (χ0v) is 36.0. The predicted molar refractivity (Wildman–Crippen MR) is 227 cm³/mol. The summed E-state index contributed by atoms with van der Waals surface area (Å²) in [6.07, 6.45) is 38.6. The lowest BCUT2D eigenvalue weighted by molar-refractivity contribution is 0.0224. The van der Waals surface area contributed by atoms with Crippen LogP contribution in [0.15, 0.2) is 30.3 Å². The van der Waals surface area contributed by atoms with Crippen molar-refractivity contribution in [1.29, 1.82) is 0 Å². The van der Waals surface area contributed by atoms with Gasteiger partial charge < -0.3 is 23.0 Å². The molecule has 5 nitrogen and oxygen atoms in total. The molecule has 0 amide bonds. The van der Waals surface area contributed by atoms with Crippen molar-refractivity contribution in [3.8, 4) is 5.75 Å². The highest BCUT2D eigenvalue weighted by Gasteiger charge is 2.19. The molecule has 306 valence electrons. The Morgan fingerprint density at radius 1 is 0.385 bits per heavy atom. The minimum absolute atomic E-state index is 0.238. The molecular formula is C46H87O5P. The summed E-state index contributed by atoms with van der Waals surface area (Å²) in [7, 11) is -1.51. The molecule has 1 rings (SSSR count). The molecule has 6 heteroatoms. The highest BCUT2D eigenvalue weighted by molar-refractivity contribution is 7.42. The Morgan fingerprint density at radius 3 is 1.12 bits per heavy atom. The Morgan fingerprint density at radius 2 is 0.731 bits per heavy atom. The van der Waals surface area contributed by atoms with Gasteiger partial charge in [-0.25, -0.2) is 0 Å². The molecule has 0 heterocycles. The average Bonchev–Trinajstić information content (AvgIpc) is 3.16. The van der Waals surface area contributed by atoms with E-state index in [1.54, 1.807) is 0 Å². The fraction of sp³-hybridized carbons (Fsp3) is 0.870. The molecule has 2 unspecified atom stereocenters. The zero-order chi connectivity index (χ0) is 37.4. The van der Waals surface area contributed by atoms with E-state index in [0.29, 0.717) is 13.2 Å². The summed E-state index contributed by atoms with van der Waals surface area (Å²) in [6.45, 7) is 12.0. The molecule has 0 fully saturated rings. The third-order valence-electron chi connectivity index (χ3n) is 10.2. The lowest BCUT2D eigenvalue weighted by Gasteiger charge is -2.22. The molecule has 0 spiro atoms. The van der Waals surface area contributed by atoms with Crippen molar-refractivity contribution in [2.45, 2.75) is 233 Å². The summed E-state index contributed by atoms with van der Waals surface area (Å²) >= 11 is 0. The van der Waals surface area contributed by atoms with Gasteiger partial charge in [0.1, 0.15) is 5.75 Å². The normalized spacial score (nSPS) is 13.4. The minimum Gasteiger partial charge on any atom is -0.427 e. The van der Waals surface area contributed by atoms with Crippen LogP contribution in [-0.2, 0) is 18.5 Å². The number of hydrogen-bond donors (Lipinski definition) is 0. The lowest BCUT2D eigenvalue weighted by atomic mass is 10.1. The molecule has 0 N–H and O–H groups in total. The van der Waals surface area contributed by atoms with Crippen LogP contribution in [0.25, 0.3) is 0 Å². The molecule has 0 aliphatic carbocycles. The Bertz CT molecular complexity index is 765. The third kappa shape index (κ3) is 32.7. The van der Waals surface area contributed by atoms with E-state index in [1.807, 2.05) is 30.3 Å². The number of para-hydroxylation sites is 1. The monoisotopic (exact) mass is 751 g/mol. The molecule has 0 saturated heterocycles. The fourth-order valence-corrected chi connectivity index (χ4v) is 7.70. The number of unbranched alkanes of at least 4 members (excludes halogenated alkanes) is 22. The van der Waals surface area contributed by atoms with Crippen molar-refractivity contribution in [3.05, 3.63) is 30.3 Å². The van der Waals surface area contributed by atoms with Gasteiger partial charge in [-0.2, -0.15) is 0 Å². The predicted octanol–water partition coefficient (Wildman–Crippen LogP) is 15.9. The molecule has 0 bridgehead atoms. The number of benzene rings is 1. The smallest absolute Gasteiger partial charge is 0.397 e. The maximum absolute atomic E-state index is 6.48. The van der Waals surface area contributed by atoms with Crippen LogP contribution in [0.1, 0.15) is 220 Å². The first-order chi connectivity index (χ1) is 25.7. The maximum atomic E-state index is 6.48. The summed E-state index contributed by atoms with van der Waals surface area (Å²) < 4.78 is 32.0. The largest absolute Gasteiger partial charge is 0.427 e. The van der Waals surface area contributed by atoms with Crippen molar-refractivity contribution in [2.75, 3.05) is 26.4 Å². The van der Waals surface area contributed by atoms with Gasteiger partial charge in [-0.1, -0.05) is 200 Å². The average molecular weight is 751 g/mol. The lowest BCUT2D eigenvalue weighted by Crippen LogP contribution is -2.18. The molecule has 0 aliphatic rings. The van der Waals surface area contributed by atoms with E-state index in [1.165, 1.54) is 154 Å². The molecule has 0 saturated carbocycles. The van der Waals surface area contributed by atoms with Crippen LogP contribution >= 0.6 is 8.60 Å². The molecule has 2 atom stereocenters. The Labute approximate surface area is 325 Å². The standard InChI is InChI=1S/C46H87O5P/c1-5-9-13-17-19-21-25-32-40-47-44(34-28-23-15-11-7-3)38-42-49-52(51-46-36-30-27-31-37-46)50-43-39-45(35-29-24-16-12-8-4)48-41-33-26-22-20-18-14-10-6-2/h27,30-31,36-37,44-45H,5-26,28-29,32-35,38-43H2,1-4H3. The fourth-order valence-electron chi connectivity index (χ4n) is 6.72. The molecule has 1 aromatic carbocycles. The van der Waals surface area contributed by atoms with Crippen LogP contribution in [0.5, 0.6) is 5.75 Å². The second kappa shape index (κ2) is 40.0. The molecule has 52 heavy (non-hydrogen) atoms. The second-order valence-electron chi connectivity index (χ2n) is 15.2. The first kappa shape index (κ1) is 49.3. The summed E-state index contributed by atoms with van der Waals surface area (Å²) in [6, 6.07) is 10.00. The van der Waals surface area contributed by atoms with Gasteiger partial charge in [0.2, 0.25) is 0 Å². The summed E-state index contributed by atoms with van der Waals surface area (Å²) in [5.74, 6) is 0.797. The van der Waals surface area contributed by atoms with Gasteiger partial charge >= 0.3 is 8.60 Å². The van der Waals surface area contributed by atoms with Crippen molar-refractivity contribution in [2.24, 2.45) is 0 Å². The quantitative estimate of drug-likeness (QED) is 0.0492. The van der Waals surface area contributed by atoms with Crippen molar-refractivity contribution in [1.82, 2.24) is 0 Å². The zero-order valence-electron chi connectivity index (χ0n) is 35.1. The van der Waals surface area contributed by atoms with Gasteiger partial charge in [0.25, 0.3) is 0 Å². The molecule has 0 aromatic heterocycles. The Kier molecular flexibility index (Phi) is 37.9. The van der Waals surface area contributed by atoms with E-state index in [4.69, 9.17) is 23.0 Å². The Balaban J connectivity index is 2.61. The van der Waals surface area contributed by atoms with Crippen LogP contribution in [0.4, 0.5) is 0 Å². The van der Waals surface area contributed by atoms with Gasteiger partial charge in [-0.15, -0.1) is 0 Å². The summed E-state index contributed by atoms with van der Waals surface area (Å²) in [4.78, 5) is 0. The van der Waals surface area contributed by atoms with Gasteiger partial charge in [-0.05, 0) is 50.7 Å². The van der Waals surface area contributed by atoms with E-state index >= 15 is 0 Å². The first-order valence-corrected chi connectivity index (χ1v) is 23.8. The van der Waals surface area contributed by atoms with Crippen LogP contribution in [0.2, 0.25) is 0 Å². The van der Waals surface area contributed by atoms with Gasteiger partial charge in [-0.3, -0.25) is 0 Å². The maximum Gasteiger partial charge on any atom is 0.397 e. The minimum atomic E-state index is -1.51. The van der Waals surface area contributed by atoms with E-state index in [9.17, 15) is 0 Å². The molecule has 0 aliphatic heterocycles. The van der Waals surface area contributed by atoms with Crippen molar-refractivity contribution >= 4 is 8.60 Å². The van der Waals surface area contributed by atoms with E-state index in [2.05, 4.69) is 27.7 Å². The summed E-state index contributed by atoms with van der Waals surface area (Å²) in [5, 5.41) is 0. The summed E-state index contributed by atoms with van der Waals surface area (Å²) in [5.41, 5.74) is 0. The Hall–Kier alpha value is -0.710. The van der Waals surface area contributed by atoms with E-state index < -0.39 is 8.60 Å². The number of rotatable bonds is 42. The molecule has 0 radical (unpaired) electrons. The van der Waals surface area contributed by atoms with Crippen LogP contribution in [0, 0.1) is 0 Å². The van der Waals surface area contributed by atoms with Crippen LogP contribution < -0.4 is 4.52 Å². The van der Waals surface area contributed by atoms with Crippen LogP contribution in [0.3, 0.4) is 0 Å². The van der Waals surface area contributed by atoms with Crippen molar-refractivity contribution < 1.29 is 23.0 Å². The third-order valence-corrected chi connectivity index (χ3v) is 11.3. The second-order valence-corrected chi connectivity index (χ2v) is 16.4. The van der Waals surface area contributed by atoms with Gasteiger partial charge in [0.15, 0.2) is 0 Å². The number of ether oxygens (including phenoxy) is 2. The van der Waals surface area contributed by atoms with Gasteiger partial charge in [0.05, 0.1) is 25.4 Å². The first-order valence-electron chi connectivity index (χ1n) is 22.8. The van der Waals surface area contributed by atoms with Crippen molar-refractivity contribution in [3.63, 3.8) is 0 Å². The SMILES string of the molecule is CCCCCCCCCCOC(CCCCCCC)CCOP(OCCC(CCCCCCC)OCCCCCCCCCC)Oc1ccccc1. The molecular weight excluding hydrogens is 663 g/mol. The highest BCUT2D eigenvalue weighted by atomic mass is 31.2. The van der Waals surface area contributed by atoms with Gasteiger partial charge in [0, 0.05) is 13.2 Å².